The molecule has 0 unspecified atom stereocenters. The van der Waals surface area contributed by atoms with Crippen molar-refractivity contribution in [3.8, 4) is 17.1 Å². The zero-order valence-electron chi connectivity index (χ0n) is 15.0. The molecule has 0 amide bonds. The number of fused-ring (bicyclic) bond motifs is 1. The molecule has 0 fully saturated rings. The second kappa shape index (κ2) is 6.59. The van der Waals surface area contributed by atoms with Crippen molar-refractivity contribution in [3.05, 3.63) is 59.8 Å². The first-order valence-corrected chi connectivity index (χ1v) is 8.50. The number of methoxy groups -OCH3 is 1. The molecule has 0 N–H and O–H groups in total. The minimum Gasteiger partial charge on any atom is -0.493 e. The molecule has 4 rings (SSSR count). The molecule has 7 heteroatoms. The third-order valence-electron chi connectivity index (χ3n) is 4.36. The number of benzene rings is 1. The number of aromatic nitrogens is 6. The Kier molecular flexibility index (Phi) is 4.12. The summed E-state index contributed by atoms with van der Waals surface area (Å²) in [5.74, 6) is 3.14. The molecule has 4 aromatic rings. The highest BCUT2D eigenvalue weighted by molar-refractivity contribution is 5.54. The van der Waals surface area contributed by atoms with Crippen LogP contribution in [-0.4, -0.2) is 36.5 Å². The minimum atomic E-state index is 0.686. The van der Waals surface area contributed by atoms with Crippen LogP contribution < -0.4 is 4.74 Å². The fourth-order valence-electron chi connectivity index (χ4n) is 2.93. The lowest BCUT2D eigenvalue weighted by Gasteiger charge is -2.02. The van der Waals surface area contributed by atoms with Crippen LogP contribution in [0.4, 0.5) is 0 Å². The predicted molar refractivity (Wildman–Crippen MR) is 98.1 cm³/mol. The van der Waals surface area contributed by atoms with Gasteiger partial charge in [0.1, 0.15) is 5.82 Å². The van der Waals surface area contributed by atoms with Crippen LogP contribution in [0.2, 0.25) is 0 Å². The molecule has 0 saturated heterocycles. The fraction of sp³-hybridized carbons (Fsp3) is 0.263. The Bertz CT molecular complexity index is 1050. The van der Waals surface area contributed by atoms with Crippen LogP contribution in [0, 0.1) is 6.92 Å². The van der Waals surface area contributed by atoms with E-state index in [0.29, 0.717) is 12.8 Å². The number of rotatable bonds is 5. The highest BCUT2D eigenvalue weighted by Crippen LogP contribution is 2.20. The van der Waals surface area contributed by atoms with Crippen molar-refractivity contribution in [1.82, 2.24) is 29.4 Å². The van der Waals surface area contributed by atoms with Crippen LogP contribution in [-0.2, 0) is 19.9 Å². The number of ether oxygens (including phenoxy) is 1. The standard InChI is InChI=1S/C19H20N6O/c1-13-9-10-15(26-3)19-20-16(22-25(13)19)11-12-17-21-18(23-24(17)2)14-7-5-4-6-8-14/h4-10H,11-12H2,1-3H3. The van der Waals surface area contributed by atoms with Crippen LogP contribution in [0.1, 0.15) is 17.3 Å². The van der Waals surface area contributed by atoms with E-state index in [0.717, 1.165) is 40.1 Å². The van der Waals surface area contributed by atoms with Gasteiger partial charge in [-0.3, -0.25) is 4.68 Å². The van der Waals surface area contributed by atoms with E-state index in [1.807, 2.05) is 65.6 Å². The fourth-order valence-corrected chi connectivity index (χ4v) is 2.93. The van der Waals surface area contributed by atoms with Crippen molar-refractivity contribution in [3.63, 3.8) is 0 Å². The van der Waals surface area contributed by atoms with Gasteiger partial charge in [0.2, 0.25) is 0 Å². The summed E-state index contributed by atoms with van der Waals surface area (Å²) < 4.78 is 9.02. The van der Waals surface area contributed by atoms with Gasteiger partial charge in [-0.15, -0.1) is 0 Å². The van der Waals surface area contributed by atoms with Crippen molar-refractivity contribution >= 4 is 5.65 Å². The van der Waals surface area contributed by atoms with Gasteiger partial charge in [0.05, 0.1) is 7.11 Å². The van der Waals surface area contributed by atoms with Gasteiger partial charge in [0.15, 0.2) is 23.0 Å². The summed E-state index contributed by atoms with van der Waals surface area (Å²) in [7, 11) is 3.56. The first kappa shape index (κ1) is 16.3. The molecule has 0 aliphatic heterocycles. The van der Waals surface area contributed by atoms with Crippen molar-refractivity contribution in [1.29, 1.82) is 0 Å². The average Bonchev–Trinajstić information content (AvgIpc) is 3.25. The number of pyridine rings is 1. The third-order valence-corrected chi connectivity index (χ3v) is 4.36. The first-order valence-electron chi connectivity index (χ1n) is 8.50. The zero-order chi connectivity index (χ0) is 18.1. The van der Waals surface area contributed by atoms with Gasteiger partial charge in [-0.05, 0) is 19.1 Å². The summed E-state index contributed by atoms with van der Waals surface area (Å²) in [6.07, 6.45) is 1.40. The summed E-state index contributed by atoms with van der Waals surface area (Å²) in [5, 5.41) is 9.12. The maximum atomic E-state index is 5.38. The molecule has 132 valence electrons. The average molecular weight is 348 g/mol. The molecule has 3 heterocycles. The molecule has 0 atom stereocenters. The Morgan fingerprint density at radius 3 is 2.54 bits per heavy atom. The molecule has 0 aliphatic rings. The third kappa shape index (κ3) is 2.92. The van der Waals surface area contributed by atoms with E-state index in [1.54, 1.807) is 7.11 Å². The summed E-state index contributed by atoms with van der Waals surface area (Å²) in [4.78, 5) is 9.29. The highest BCUT2D eigenvalue weighted by atomic mass is 16.5. The number of aryl methyl sites for hydroxylation is 4. The van der Waals surface area contributed by atoms with Gasteiger partial charge in [-0.2, -0.15) is 10.2 Å². The van der Waals surface area contributed by atoms with Crippen molar-refractivity contribution in [2.45, 2.75) is 19.8 Å². The Hall–Kier alpha value is -3.22. The van der Waals surface area contributed by atoms with Gasteiger partial charge >= 0.3 is 0 Å². The minimum absolute atomic E-state index is 0.686. The Balaban J connectivity index is 1.57. The number of nitrogens with zero attached hydrogens (tertiary/aromatic N) is 6. The van der Waals surface area contributed by atoms with Crippen molar-refractivity contribution in [2.75, 3.05) is 7.11 Å². The summed E-state index contributed by atoms with van der Waals surface area (Å²) >= 11 is 0. The van der Waals surface area contributed by atoms with Crippen LogP contribution in [0.5, 0.6) is 5.75 Å². The molecule has 0 spiro atoms. The van der Waals surface area contributed by atoms with E-state index in [2.05, 4.69) is 20.2 Å². The molecule has 0 radical (unpaired) electrons. The monoisotopic (exact) mass is 348 g/mol. The summed E-state index contributed by atoms with van der Waals surface area (Å²) in [6.45, 7) is 2.00. The summed E-state index contributed by atoms with van der Waals surface area (Å²) in [5.41, 5.74) is 2.77. The van der Waals surface area contributed by atoms with Crippen LogP contribution >= 0.6 is 0 Å². The molecule has 1 aromatic carbocycles. The quantitative estimate of drug-likeness (QED) is 0.554. The Morgan fingerprint density at radius 2 is 1.77 bits per heavy atom. The SMILES string of the molecule is COc1ccc(C)n2nc(CCc3nc(-c4ccccc4)nn3C)nc12. The Labute approximate surface area is 151 Å². The van der Waals surface area contributed by atoms with E-state index < -0.39 is 0 Å². The van der Waals surface area contributed by atoms with E-state index in [-0.39, 0.29) is 0 Å². The second-order valence-electron chi connectivity index (χ2n) is 6.15. The molecular weight excluding hydrogens is 328 g/mol. The molecule has 26 heavy (non-hydrogen) atoms. The van der Waals surface area contributed by atoms with Crippen molar-refractivity contribution in [2.24, 2.45) is 7.05 Å². The predicted octanol–water partition coefficient (Wildman–Crippen LogP) is 2.63. The maximum absolute atomic E-state index is 5.38. The molecular formula is C19H20N6O. The lowest BCUT2D eigenvalue weighted by molar-refractivity contribution is 0.416. The molecule has 0 bridgehead atoms. The largest absolute Gasteiger partial charge is 0.493 e. The smallest absolute Gasteiger partial charge is 0.198 e. The van der Waals surface area contributed by atoms with Gasteiger partial charge in [0, 0.05) is 31.1 Å². The topological polar surface area (TPSA) is 70.1 Å². The lowest BCUT2D eigenvalue weighted by Crippen LogP contribution is -2.03. The van der Waals surface area contributed by atoms with Gasteiger partial charge in [-0.25, -0.2) is 14.5 Å². The van der Waals surface area contributed by atoms with E-state index >= 15 is 0 Å². The highest BCUT2D eigenvalue weighted by Gasteiger charge is 2.13. The van der Waals surface area contributed by atoms with Gasteiger partial charge < -0.3 is 4.74 Å². The molecule has 0 saturated carbocycles. The first-order chi connectivity index (χ1) is 12.7. The van der Waals surface area contributed by atoms with Gasteiger partial charge in [0.25, 0.3) is 0 Å². The normalized spacial score (nSPS) is 11.2. The van der Waals surface area contributed by atoms with E-state index in [9.17, 15) is 0 Å². The van der Waals surface area contributed by atoms with Crippen LogP contribution in [0.25, 0.3) is 17.0 Å². The maximum Gasteiger partial charge on any atom is 0.198 e. The van der Waals surface area contributed by atoms with Crippen LogP contribution in [0.15, 0.2) is 42.5 Å². The van der Waals surface area contributed by atoms with Gasteiger partial charge in [-0.1, -0.05) is 30.3 Å². The second-order valence-corrected chi connectivity index (χ2v) is 6.15. The lowest BCUT2D eigenvalue weighted by atomic mass is 10.2. The number of hydrogen-bond acceptors (Lipinski definition) is 5. The Morgan fingerprint density at radius 1 is 0.962 bits per heavy atom. The molecule has 3 aromatic heterocycles. The molecule has 0 aliphatic carbocycles. The van der Waals surface area contributed by atoms with Crippen molar-refractivity contribution < 1.29 is 4.74 Å². The number of hydrogen-bond donors (Lipinski definition) is 0. The zero-order valence-corrected chi connectivity index (χ0v) is 15.0. The van der Waals surface area contributed by atoms with Crippen LogP contribution in [0.3, 0.4) is 0 Å². The van der Waals surface area contributed by atoms with E-state index in [1.165, 1.54) is 0 Å². The molecule has 7 nitrogen and oxygen atoms in total. The van der Waals surface area contributed by atoms with E-state index in [4.69, 9.17) is 4.74 Å². The summed E-state index contributed by atoms with van der Waals surface area (Å²) in [6, 6.07) is 13.9.